The fourth-order valence-corrected chi connectivity index (χ4v) is 41.8. The Morgan fingerprint density at radius 2 is 0.827 bits per heavy atom. The Morgan fingerprint density at radius 3 is 1.23 bits per heavy atom. The van der Waals surface area contributed by atoms with Gasteiger partial charge in [0.1, 0.15) is 0 Å². The molecule has 31 nitrogen and oxygen atoms in total. The predicted molar refractivity (Wildman–Crippen MR) is 397 cm³/mol. The van der Waals surface area contributed by atoms with Gasteiger partial charge in [-0.1, -0.05) is 0 Å². The summed E-state index contributed by atoms with van der Waals surface area (Å²) in [6.07, 6.45) is 1.42. The molecule has 1 fully saturated rings. The van der Waals surface area contributed by atoms with E-state index in [4.69, 9.17) is 34.3 Å². The minimum Gasteiger partial charge on any atom is -0.330 e. The van der Waals surface area contributed by atoms with E-state index in [1.807, 2.05) is 97.1 Å². The van der Waals surface area contributed by atoms with Crippen molar-refractivity contribution in [2.24, 2.45) is 20.0 Å². The van der Waals surface area contributed by atoms with Gasteiger partial charge in [0.2, 0.25) is 0 Å². The maximum atomic E-state index is 12.5. The van der Waals surface area contributed by atoms with Crippen molar-refractivity contribution < 1.29 is 195 Å². The molecule has 13 rings (SSSR count). The summed E-state index contributed by atoms with van der Waals surface area (Å²) in [5.74, 6) is -2.09. The van der Waals surface area contributed by atoms with E-state index >= 15 is 0 Å². The van der Waals surface area contributed by atoms with E-state index in [1.54, 1.807) is 0 Å². The van der Waals surface area contributed by atoms with Crippen LogP contribution in [0.4, 0.5) is 11.6 Å². The van der Waals surface area contributed by atoms with Crippen molar-refractivity contribution in [3.63, 3.8) is 0 Å². The van der Waals surface area contributed by atoms with E-state index in [-0.39, 0.29) is 203 Å². The SMILES string of the molecule is CCCC[N+](CCC[Si](C)(C)O[Si-2]123(O[Si](C)(C)CCC[N+](CCCS(=O)(=O)[O-])(CCCS(=O)(=O)[O-])CCCS(=O)(=O)[O-])n4c5c6ccccc6c4N=C4c6ccccc6C(=[N+]41)N=c1c4ccccc4c(n12)=NC1=[N+]3C(=N5)c2ccccc21)(CCCS(=O)(=O)[O-])CCOCCOCCC(=O)ON1C(=O)CCC1=O.[Na+].[Na+].[Na+]. The molecule has 2 aromatic heterocycles. The normalized spacial score (nSPS) is 18.0. The first kappa shape index (κ1) is 88.3. The van der Waals surface area contributed by atoms with Gasteiger partial charge in [0, 0.05) is 12.8 Å². The average Bonchev–Trinajstić information content (AvgIpc) is 1.30. The van der Waals surface area contributed by atoms with Crippen LogP contribution < -0.4 is 99.6 Å². The van der Waals surface area contributed by atoms with Crippen LogP contribution in [0.5, 0.6) is 0 Å². The quantitative estimate of drug-likeness (QED) is 0.0115. The Balaban J connectivity index is 0.00000429. The van der Waals surface area contributed by atoms with Crippen LogP contribution in [0.15, 0.2) is 117 Å². The van der Waals surface area contributed by atoms with Gasteiger partial charge in [0.15, 0.2) is 0 Å². The molecule has 0 aliphatic carbocycles. The molecule has 578 valence electrons. The molecule has 2 amide bonds. The number of quaternary nitrogens is 2. The summed E-state index contributed by atoms with van der Waals surface area (Å²) in [4.78, 5) is 64.9. The molecule has 6 aromatic rings. The van der Waals surface area contributed by atoms with E-state index in [2.05, 4.69) is 50.1 Å². The number of benzene rings is 4. The van der Waals surface area contributed by atoms with Crippen LogP contribution in [0, 0.1) is 0 Å². The molecule has 110 heavy (non-hydrogen) atoms. The van der Waals surface area contributed by atoms with Crippen molar-refractivity contribution in [3.8, 4) is 0 Å². The molecule has 41 heteroatoms. The van der Waals surface area contributed by atoms with Crippen molar-refractivity contribution in [2.45, 2.75) is 116 Å². The molecule has 0 radical (unpaired) electrons. The number of carbonyl (C=O) groups is 3. The minimum atomic E-state index is -7.44. The molecule has 9 heterocycles. The molecule has 7 aliphatic heterocycles. The van der Waals surface area contributed by atoms with Gasteiger partial charge in [-0.2, -0.15) is 0 Å². The summed E-state index contributed by atoms with van der Waals surface area (Å²) in [7, 11) is -33.9. The van der Waals surface area contributed by atoms with Crippen LogP contribution >= 0.6 is 0 Å². The molecule has 1 saturated heterocycles. The van der Waals surface area contributed by atoms with Crippen molar-refractivity contribution >= 4 is 139 Å². The molecule has 7 aliphatic rings. The second-order valence-electron chi connectivity index (χ2n) is 30.2. The second kappa shape index (κ2) is 33.1. The zero-order valence-corrected chi connectivity index (χ0v) is 75.7. The second-order valence-corrected chi connectivity index (χ2v) is 50.6. The molecule has 0 bridgehead atoms. The monoisotopic (exact) mass is 1670 g/mol. The number of unbranched alkanes of at least 4 members (excludes halogenated alkanes) is 1. The smallest absolute Gasteiger partial charge is 0.330 e. The van der Waals surface area contributed by atoms with Crippen molar-refractivity contribution in [3.05, 3.63) is 130 Å². The first-order valence-electron chi connectivity index (χ1n) is 36.4. The van der Waals surface area contributed by atoms with Gasteiger partial charge in [-0.3, -0.25) is 9.59 Å². The van der Waals surface area contributed by atoms with Gasteiger partial charge < -0.3 is 4.84 Å². The van der Waals surface area contributed by atoms with Crippen LogP contribution in [0.1, 0.15) is 99.8 Å². The number of nitrogens with zero attached hydrogens (tertiary/aromatic N) is 11. The minimum absolute atomic E-state index is 0. The fraction of sp³-hybridized carbons (Fsp3) is 0.493. The number of rotatable bonds is 41. The predicted octanol–water partition coefficient (Wildman–Crippen LogP) is -4.23. The zero-order valence-electron chi connectivity index (χ0n) is 63.5. The Morgan fingerprint density at radius 1 is 0.473 bits per heavy atom. The molecule has 4 aromatic carbocycles. The molecule has 0 saturated carbocycles. The van der Waals surface area contributed by atoms with E-state index in [9.17, 15) is 74.5 Å². The van der Waals surface area contributed by atoms with E-state index in [0.717, 1.165) is 56.6 Å². The van der Waals surface area contributed by atoms with Crippen LogP contribution in [-0.4, -0.2) is 250 Å². The van der Waals surface area contributed by atoms with Gasteiger partial charge >= 0.3 is 654 Å². The van der Waals surface area contributed by atoms with E-state index in [1.165, 1.54) is 0 Å². The number of imide groups is 1. The number of hydroxylamine groups is 2. The third kappa shape index (κ3) is 16.5. The molecule has 1 unspecified atom stereocenters. The number of aliphatic imine (C=N–C) groups is 2. The van der Waals surface area contributed by atoms with Gasteiger partial charge in [-0.25, -0.2) is 4.79 Å². The standard InChI is InChI=1S/C69H91N11O20S4Si3.3Na/c1-6-7-33-80(37-19-48-104(93,94)95,40-42-97-44-43-96-41-32-61(83)98-74-59(81)30-31-60(74)82)39-21-50-106(4,5)100-107(99-105(2,3)49-20-38-79(34-16-45-101(84,85)86,35-17-46-102(87,88)89)36-18-47-103(90,91)92)75-62-51-22-8-9-23-52(51)63(75)71-65-55-26-12-13-27-56(55)67(77(65)107)73-69-58-29-15-14-28-57(58)68(78(69)107)72-66-54-25-11-10-24-53(54)64(70-62)76(66)107;;;/h8-15,22-29H,6-7,16-21,30-50H2,1-5H3,(H2-2,84,85,86,87,88,89,90,91,92,93,94,95);;;/q;3*+1/p-2. The van der Waals surface area contributed by atoms with Crippen molar-refractivity contribution in [2.75, 3.05) is 102 Å². The van der Waals surface area contributed by atoms with Crippen LogP contribution in [0.3, 0.4) is 0 Å². The van der Waals surface area contributed by atoms with Crippen LogP contribution in [0.25, 0.3) is 21.5 Å². The maximum absolute atomic E-state index is 12.5. The van der Waals surface area contributed by atoms with Crippen LogP contribution in [0.2, 0.25) is 38.3 Å². The van der Waals surface area contributed by atoms with Crippen molar-refractivity contribution in [1.29, 1.82) is 0 Å². The summed E-state index contributed by atoms with van der Waals surface area (Å²) in [5.41, 5.74) is 3.86. The number of fused-ring (bicyclic) bond motifs is 12. The summed E-state index contributed by atoms with van der Waals surface area (Å²) >= 11 is 0. The molecule has 1 atom stereocenters. The average molecular weight is 1670 g/mol. The van der Waals surface area contributed by atoms with Gasteiger partial charge in [-0.15, -0.1) is 5.06 Å². The first-order chi connectivity index (χ1) is 50.5. The Kier molecular flexibility index (Phi) is 26.6. The van der Waals surface area contributed by atoms with Gasteiger partial charge in [0.05, 0.1) is 13.0 Å². The topological polar surface area (TPSA) is 395 Å². The summed E-state index contributed by atoms with van der Waals surface area (Å²) in [6.45, 7) is 12.7. The Bertz CT molecular complexity index is 5170. The summed E-state index contributed by atoms with van der Waals surface area (Å²) in [5, 5.41) is 3.39. The number of carbonyl (C=O) groups excluding carboxylic acids is 3. The van der Waals surface area contributed by atoms with Gasteiger partial charge in [0.25, 0.3) is 11.8 Å². The van der Waals surface area contributed by atoms with E-state index < -0.39 is 106 Å². The Hall–Kier alpha value is -4.10. The Labute approximate surface area is 708 Å². The van der Waals surface area contributed by atoms with E-state index in [0.29, 0.717) is 94.1 Å². The van der Waals surface area contributed by atoms with Crippen LogP contribution in [-0.2, 0) is 77.4 Å². The summed E-state index contributed by atoms with van der Waals surface area (Å²) < 4.78 is 188. The molecular formula is C69H89N11Na3O20S4Si3+. The first-order valence-corrected chi connectivity index (χ1v) is 51.5. The third-order valence-electron chi connectivity index (χ3n) is 21.8. The number of amides is 2. The third-order valence-corrected chi connectivity index (χ3v) is 41.6. The molecular weight excluding hydrogens is 1580 g/mol. The fourth-order valence-electron chi connectivity index (χ4n) is 17.6. The molecule has 1 spiro atoms. The number of amidine groups is 4. The number of hydrogen-bond donors (Lipinski definition) is 0. The number of hydrogen-bond acceptors (Lipinski definition) is 24. The number of aromatic nitrogens is 2. The van der Waals surface area contributed by atoms with Gasteiger partial charge in [-0.05, 0) is 0 Å². The number of ether oxygens (including phenoxy) is 2. The molecule has 0 N–H and O–H groups in total. The zero-order chi connectivity index (χ0) is 76.4. The summed E-state index contributed by atoms with van der Waals surface area (Å²) in [6, 6.07) is 32.4. The van der Waals surface area contributed by atoms with Crippen molar-refractivity contribution in [1.82, 2.24) is 13.5 Å².